The zero-order chi connectivity index (χ0) is 48.5. The Labute approximate surface area is 371 Å². The number of ether oxygens (including phenoxy) is 5. The summed E-state index contributed by atoms with van der Waals surface area (Å²) in [5, 5.41) is 12.3. The molecule has 0 saturated heterocycles. The summed E-state index contributed by atoms with van der Waals surface area (Å²) in [5.74, 6) is -4.25. The topological polar surface area (TPSA) is 159 Å². The quantitative estimate of drug-likeness (QED) is 0.0559. The molecule has 65 heavy (non-hydrogen) atoms. The highest BCUT2D eigenvalue weighted by molar-refractivity contribution is 6.34. The van der Waals surface area contributed by atoms with Gasteiger partial charge in [0.15, 0.2) is 12.5 Å². The molecule has 2 aliphatic rings. The number of hydrogen-bond acceptors (Lipinski definition) is 11. The van der Waals surface area contributed by atoms with E-state index in [1.165, 1.54) is 12.1 Å². The number of rotatable bonds is 12. The molecule has 0 N–H and O–H groups in total. The highest BCUT2D eigenvalue weighted by Gasteiger charge is 2.73. The predicted molar refractivity (Wildman–Crippen MR) is 204 cm³/mol. The smallest absolute Gasteiger partial charge is 0.459 e. The van der Waals surface area contributed by atoms with E-state index < -0.39 is 107 Å². The van der Waals surface area contributed by atoms with Crippen molar-refractivity contribution in [3.8, 4) is 28.6 Å². The van der Waals surface area contributed by atoms with Crippen LogP contribution in [0.15, 0.2) is 54.9 Å². The van der Waals surface area contributed by atoms with Crippen LogP contribution in [-0.4, -0.2) is 87.5 Å². The van der Waals surface area contributed by atoms with Gasteiger partial charge in [-0.25, -0.2) is 23.5 Å². The third-order valence-corrected chi connectivity index (χ3v) is 10.3. The highest BCUT2D eigenvalue weighted by Crippen LogP contribution is 2.55. The maximum atomic E-state index is 14.9. The first-order valence-electron chi connectivity index (χ1n) is 18.9. The molecule has 0 aliphatic heterocycles. The van der Waals surface area contributed by atoms with E-state index in [1.807, 2.05) is 6.07 Å². The molecule has 1 aromatic heterocycles. The highest BCUT2D eigenvalue weighted by atomic mass is 35.5. The lowest BCUT2D eigenvalue weighted by Crippen LogP contribution is -2.50. The summed E-state index contributed by atoms with van der Waals surface area (Å²) in [4.78, 5) is 51.7. The molecule has 0 spiro atoms. The fourth-order valence-electron chi connectivity index (χ4n) is 6.46. The third kappa shape index (κ3) is 11.9. The Morgan fingerprint density at radius 1 is 0.846 bits per heavy atom. The number of alkyl halides is 10. The summed E-state index contributed by atoms with van der Waals surface area (Å²) in [6.07, 6.45) is -16.5. The molecule has 2 saturated carbocycles. The van der Waals surface area contributed by atoms with Gasteiger partial charge in [0.25, 0.3) is 5.91 Å². The second-order valence-electron chi connectivity index (χ2n) is 15.6. The number of hydrogen-bond donors (Lipinski definition) is 0. The van der Waals surface area contributed by atoms with Crippen molar-refractivity contribution in [1.82, 2.24) is 14.7 Å². The van der Waals surface area contributed by atoms with Crippen LogP contribution in [-0.2, 0) is 34.2 Å². The number of benzene rings is 2. The van der Waals surface area contributed by atoms with Crippen molar-refractivity contribution in [1.29, 1.82) is 5.26 Å². The van der Waals surface area contributed by atoms with Crippen LogP contribution in [0.2, 0.25) is 10.0 Å². The minimum atomic E-state index is -6.71. The fraction of sp³-hybridized carbons (Fsp3) is 0.450. The second kappa shape index (κ2) is 18.6. The molecule has 5 rings (SSSR count). The van der Waals surface area contributed by atoms with Crippen molar-refractivity contribution in [2.45, 2.75) is 107 Å². The number of nitrogens with zero attached hydrogens (tertiary/aromatic N) is 4. The Hall–Kier alpha value is -5.76. The standard InChI is InChI=1S/C40H34Cl2F10N4O9/c1-35(2,3)65-31(58)11-10-30(57)62-24-5-7-25(8-6-24)63-34(60)61-20-55(36(19-53)12-13-36)33(59)26-14-21(4-9-27(26)41)22-17-54-56(18-22)32-28(42)15-23(16-29(32)64-40(50,51)52)37(43,38(44,45)46)39(47,48)49/h4,9-11,14-18,24-25H,5-8,12-13,20H2,1-3H3/b11-10+. The van der Waals surface area contributed by atoms with Gasteiger partial charge in [-0.05, 0) is 89.1 Å². The van der Waals surface area contributed by atoms with E-state index in [9.17, 15) is 68.3 Å². The molecule has 2 aliphatic carbocycles. The van der Waals surface area contributed by atoms with Gasteiger partial charge in [-0.1, -0.05) is 29.3 Å². The van der Waals surface area contributed by atoms with E-state index in [4.69, 9.17) is 42.1 Å². The first-order valence-corrected chi connectivity index (χ1v) is 19.7. The van der Waals surface area contributed by atoms with Crippen LogP contribution in [0.5, 0.6) is 5.75 Å². The minimum Gasteiger partial charge on any atom is -0.459 e. The number of halogens is 12. The zero-order valence-electron chi connectivity index (χ0n) is 33.8. The van der Waals surface area contributed by atoms with Gasteiger partial charge in [0.05, 0.1) is 27.9 Å². The number of aromatic nitrogens is 2. The lowest BCUT2D eigenvalue weighted by atomic mass is 9.93. The molecule has 2 fully saturated rings. The normalized spacial score (nSPS) is 17.8. The van der Waals surface area contributed by atoms with Gasteiger partial charge in [-0.15, -0.1) is 13.2 Å². The molecular formula is C40H34Cl2F10N4O9. The summed E-state index contributed by atoms with van der Waals surface area (Å²) >= 11 is 12.3. The van der Waals surface area contributed by atoms with E-state index in [1.54, 1.807) is 20.8 Å². The number of carbonyl (C=O) groups is 4. The predicted octanol–water partition coefficient (Wildman–Crippen LogP) is 10.4. The Bertz CT molecular complexity index is 2360. The maximum Gasteiger partial charge on any atom is 0.573 e. The summed E-state index contributed by atoms with van der Waals surface area (Å²) in [5.41, 5.74) is -12.1. The van der Waals surface area contributed by atoms with Crippen LogP contribution in [0.3, 0.4) is 0 Å². The van der Waals surface area contributed by atoms with E-state index in [0.29, 0.717) is 4.68 Å². The van der Waals surface area contributed by atoms with Gasteiger partial charge in [0.1, 0.15) is 29.0 Å². The molecule has 3 aromatic rings. The Morgan fingerprint density at radius 3 is 1.97 bits per heavy atom. The number of carbonyl (C=O) groups excluding carboxylic acids is 4. The third-order valence-electron chi connectivity index (χ3n) is 9.71. The lowest BCUT2D eigenvalue weighted by Gasteiger charge is -2.31. The second-order valence-corrected chi connectivity index (χ2v) is 16.4. The van der Waals surface area contributed by atoms with Crippen LogP contribution >= 0.6 is 23.2 Å². The van der Waals surface area contributed by atoms with Gasteiger partial charge in [-0.2, -0.15) is 36.7 Å². The largest absolute Gasteiger partial charge is 0.573 e. The molecule has 0 radical (unpaired) electrons. The van der Waals surface area contributed by atoms with Gasteiger partial charge in [0.2, 0.25) is 0 Å². The van der Waals surface area contributed by atoms with Crippen LogP contribution in [0.1, 0.15) is 75.2 Å². The maximum absolute atomic E-state index is 14.9. The van der Waals surface area contributed by atoms with Crippen LogP contribution in [0.4, 0.5) is 48.7 Å². The van der Waals surface area contributed by atoms with Crippen molar-refractivity contribution in [2.24, 2.45) is 0 Å². The molecule has 1 heterocycles. The van der Waals surface area contributed by atoms with Crippen molar-refractivity contribution in [3.05, 3.63) is 76.0 Å². The molecule has 0 bridgehead atoms. The Balaban J connectivity index is 1.30. The fourth-order valence-corrected chi connectivity index (χ4v) is 6.96. The molecule has 13 nitrogen and oxygen atoms in total. The monoisotopic (exact) mass is 974 g/mol. The first-order chi connectivity index (χ1) is 30.0. The van der Waals surface area contributed by atoms with Crippen LogP contribution in [0.25, 0.3) is 16.8 Å². The molecule has 1 amide bonds. The van der Waals surface area contributed by atoms with Crippen molar-refractivity contribution in [3.63, 3.8) is 0 Å². The molecule has 0 atom stereocenters. The van der Waals surface area contributed by atoms with Gasteiger partial charge in [0, 0.05) is 29.5 Å². The van der Waals surface area contributed by atoms with Crippen LogP contribution in [0, 0.1) is 11.3 Å². The van der Waals surface area contributed by atoms with Gasteiger partial charge < -0.3 is 23.7 Å². The Morgan fingerprint density at radius 2 is 1.43 bits per heavy atom. The summed E-state index contributed by atoms with van der Waals surface area (Å²) in [6.45, 7) is 4.16. The zero-order valence-corrected chi connectivity index (χ0v) is 35.3. The molecule has 25 heteroatoms. The van der Waals surface area contributed by atoms with E-state index in [-0.39, 0.29) is 66.3 Å². The summed E-state index contributed by atoms with van der Waals surface area (Å²) in [6, 6.07) is 4.97. The molecule has 352 valence electrons. The molecule has 2 aromatic carbocycles. The van der Waals surface area contributed by atoms with Crippen molar-refractivity contribution < 1.29 is 86.8 Å². The molecular weight excluding hydrogens is 941 g/mol. The lowest BCUT2D eigenvalue weighted by molar-refractivity contribution is -0.348. The average Bonchev–Trinajstić information content (AvgIpc) is 3.82. The van der Waals surface area contributed by atoms with E-state index >= 15 is 0 Å². The first kappa shape index (κ1) is 50.2. The van der Waals surface area contributed by atoms with E-state index in [2.05, 4.69) is 9.84 Å². The minimum absolute atomic E-state index is 0.0365. The summed E-state index contributed by atoms with van der Waals surface area (Å²) < 4.78 is 161. The number of nitriles is 1. The van der Waals surface area contributed by atoms with E-state index in [0.717, 1.165) is 35.5 Å². The van der Waals surface area contributed by atoms with Crippen molar-refractivity contribution >= 4 is 47.2 Å². The van der Waals surface area contributed by atoms with Gasteiger partial charge in [-0.3, -0.25) is 9.69 Å². The SMILES string of the molecule is CC(C)(C)OC(=O)/C=C/C(=O)OC1CCC(OC(=O)OCN(C(=O)c2cc(-c3cnn(-c4c(Cl)cc(C(F)(C(F)(F)F)C(F)(F)F)cc4OC(F)(F)F)c3)ccc2Cl)C2(C#N)CC2)CC1. The van der Waals surface area contributed by atoms with Crippen molar-refractivity contribution in [2.75, 3.05) is 6.73 Å². The Kier molecular flexibility index (Phi) is 14.4. The summed E-state index contributed by atoms with van der Waals surface area (Å²) in [7, 11) is 0. The van der Waals surface area contributed by atoms with Crippen LogP contribution < -0.4 is 4.74 Å². The molecule has 0 unspecified atom stereocenters. The average molecular weight is 976 g/mol. The number of esters is 2. The van der Waals surface area contributed by atoms with Gasteiger partial charge >= 0.3 is 42.5 Å². The number of amides is 1.